The molecule has 0 aromatic heterocycles. The molecule has 0 amide bonds. The van der Waals surface area contributed by atoms with Crippen LogP contribution in [0.3, 0.4) is 0 Å². The van der Waals surface area contributed by atoms with E-state index in [4.69, 9.17) is 17.2 Å². The van der Waals surface area contributed by atoms with E-state index in [1.807, 2.05) is 0 Å². The van der Waals surface area contributed by atoms with Gasteiger partial charge < -0.3 is 14.2 Å². The summed E-state index contributed by atoms with van der Waals surface area (Å²) in [6.07, 6.45) is 0. The molecule has 0 aromatic rings. The van der Waals surface area contributed by atoms with Crippen LogP contribution in [-0.4, -0.2) is 29.7 Å². The topological polar surface area (TPSA) is 157 Å². The third kappa shape index (κ3) is 4.34. The average Bonchev–Trinajstić information content (AvgIpc) is 1.96. The average molecular weight is 249 g/mol. The van der Waals surface area contributed by atoms with Gasteiger partial charge in [0.25, 0.3) is 0 Å². The minimum absolute atomic E-state index is 0.899. The van der Waals surface area contributed by atoms with Crippen LogP contribution in [0.1, 0.15) is 20.8 Å². The maximum Gasteiger partial charge on any atom is 0.387 e. The first-order chi connectivity index (χ1) is 7.50. The molecule has 0 aliphatic carbocycles. The first kappa shape index (κ1) is 15.3. The van der Waals surface area contributed by atoms with Crippen molar-refractivity contribution in [3.05, 3.63) is 0 Å². The van der Waals surface area contributed by atoms with Gasteiger partial charge in [-0.3, -0.25) is 31.6 Å². The van der Waals surface area contributed by atoms with Gasteiger partial charge in [0, 0.05) is 20.8 Å². The SMILES string of the molecule is CC(=O)OC(N)(N)C(N)(OC(C)=O)OC(C)=O. The zero-order valence-corrected chi connectivity index (χ0v) is 9.68. The lowest BCUT2D eigenvalue weighted by Gasteiger charge is -2.38. The van der Waals surface area contributed by atoms with Crippen molar-refractivity contribution in [2.75, 3.05) is 0 Å². The van der Waals surface area contributed by atoms with Crippen LogP contribution in [0.5, 0.6) is 0 Å². The molecule has 0 bridgehead atoms. The quantitative estimate of drug-likeness (QED) is 0.373. The Kier molecular flexibility index (Phi) is 4.57. The van der Waals surface area contributed by atoms with Crippen LogP contribution in [0.4, 0.5) is 0 Å². The lowest BCUT2D eigenvalue weighted by Crippen LogP contribution is -2.76. The van der Waals surface area contributed by atoms with E-state index < -0.39 is 29.7 Å². The van der Waals surface area contributed by atoms with E-state index in [-0.39, 0.29) is 0 Å². The highest BCUT2D eigenvalue weighted by atomic mass is 16.8. The highest BCUT2D eigenvalue weighted by Crippen LogP contribution is 2.18. The van der Waals surface area contributed by atoms with Gasteiger partial charge in [0.15, 0.2) is 0 Å². The summed E-state index contributed by atoms with van der Waals surface area (Å²) >= 11 is 0. The zero-order chi connectivity index (χ0) is 13.9. The summed E-state index contributed by atoms with van der Waals surface area (Å²) in [6.45, 7) is 2.96. The highest BCUT2D eigenvalue weighted by molar-refractivity contribution is 5.70. The van der Waals surface area contributed by atoms with Crippen molar-refractivity contribution in [1.29, 1.82) is 0 Å². The molecule has 0 rings (SSSR count). The van der Waals surface area contributed by atoms with Gasteiger partial charge in [0.1, 0.15) is 0 Å². The normalized spacial score (nSPS) is 11.6. The fraction of sp³-hybridized carbons (Fsp3) is 0.625. The van der Waals surface area contributed by atoms with Gasteiger partial charge in [-0.25, -0.2) is 0 Å². The molecule has 0 saturated carbocycles. The molecule has 0 atom stereocenters. The van der Waals surface area contributed by atoms with E-state index >= 15 is 0 Å². The molecule has 0 fully saturated rings. The number of carbonyl (C=O) groups is 3. The summed E-state index contributed by atoms with van der Waals surface area (Å²) in [5, 5.41) is 0. The van der Waals surface area contributed by atoms with Crippen molar-refractivity contribution in [3.8, 4) is 0 Å². The third-order valence-corrected chi connectivity index (χ3v) is 1.45. The first-order valence-corrected chi connectivity index (χ1v) is 4.45. The van der Waals surface area contributed by atoms with Crippen LogP contribution in [0.15, 0.2) is 0 Å². The summed E-state index contributed by atoms with van der Waals surface area (Å²) < 4.78 is 13.4. The minimum atomic E-state index is -2.61. The Balaban J connectivity index is 5.20. The smallest absolute Gasteiger partial charge is 0.387 e. The number of hydrogen-bond acceptors (Lipinski definition) is 9. The van der Waals surface area contributed by atoms with Crippen LogP contribution in [0.25, 0.3) is 0 Å². The zero-order valence-electron chi connectivity index (χ0n) is 9.68. The predicted octanol–water partition coefficient (Wildman–Crippen LogP) is -2.14. The molecule has 0 radical (unpaired) electrons. The van der Waals surface area contributed by atoms with E-state index in [0.29, 0.717) is 0 Å². The Labute approximate surface area is 97.1 Å². The molecule has 0 aliphatic heterocycles. The Hall–Kier alpha value is -1.71. The lowest BCUT2D eigenvalue weighted by atomic mass is 10.3. The van der Waals surface area contributed by atoms with Crippen molar-refractivity contribution in [2.24, 2.45) is 17.2 Å². The summed E-state index contributed by atoms with van der Waals surface area (Å²) in [5.41, 5.74) is 16.1. The van der Waals surface area contributed by atoms with E-state index in [1.54, 1.807) is 0 Å². The number of nitrogens with two attached hydrogens (primary N) is 3. The van der Waals surface area contributed by atoms with Crippen LogP contribution >= 0.6 is 0 Å². The standard InChI is InChI=1S/C8H15N3O6/c1-4(12)15-7(9,10)8(11,16-5(2)13)17-6(3)14/h9-11H2,1-3H3. The second kappa shape index (κ2) is 5.08. The van der Waals surface area contributed by atoms with Crippen LogP contribution in [0.2, 0.25) is 0 Å². The van der Waals surface area contributed by atoms with E-state index in [1.165, 1.54) is 0 Å². The molecule has 6 N–H and O–H groups in total. The number of ether oxygens (including phenoxy) is 3. The molecule has 0 aromatic carbocycles. The van der Waals surface area contributed by atoms with E-state index in [0.717, 1.165) is 20.8 Å². The van der Waals surface area contributed by atoms with Crippen molar-refractivity contribution < 1.29 is 28.6 Å². The summed E-state index contributed by atoms with van der Waals surface area (Å²) in [7, 11) is 0. The Morgan fingerprint density at radius 2 is 1.06 bits per heavy atom. The Morgan fingerprint density at radius 1 is 0.765 bits per heavy atom. The summed E-state index contributed by atoms with van der Waals surface area (Å²) in [5.74, 6) is -7.89. The monoisotopic (exact) mass is 249 g/mol. The third-order valence-electron chi connectivity index (χ3n) is 1.45. The number of hydrogen-bond donors (Lipinski definition) is 3. The molecule has 0 unspecified atom stereocenters. The van der Waals surface area contributed by atoms with Crippen molar-refractivity contribution in [3.63, 3.8) is 0 Å². The molecular formula is C8H15N3O6. The van der Waals surface area contributed by atoms with E-state index in [9.17, 15) is 14.4 Å². The molecule has 0 saturated heterocycles. The van der Waals surface area contributed by atoms with Gasteiger partial charge in [-0.1, -0.05) is 0 Å². The maximum atomic E-state index is 10.8. The minimum Gasteiger partial charge on any atom is -0.421 e. The Morgan fingerprint density at radius 3 is 1.29 bits per heavy atom. The summed E-state index contributed by atoms with van der Waals surface area (Å²) in [6, 6.07) is 0. The van der Waals surface area contributed by atoms with E-state index in [2.05, 4.69) is 14.2 Å². The number of esters is 3. The molecule has 98 valence electrons. The second-order valence-corrected chi connectivity index (χ2v) is 3.24. The van der Waals surface area contributed by atoms with Crippen LogP contribution in [-0.2, 0) is 28.6 Å². The predicted molar refractivity (Wildman–Crippen MR) is 53.3 cm³/mol. The summed E-state index contributed by atoms with van der Waals surface area (Å²) in [4.78, 5) is 32.4. The van der Waals surface area contributed by atoms with Crippen LogP contribution < -0.4 is 17.2 Å². The van der Waals surface area contributed by atoms with Gasteiger partial charge in [0.05, 0.1) is 0 Å². The van der Waals surface area contributed by atoms with Gasteiger partial charge in [0.2, 0.25) is 0 Å². The van der Waals surface area contributed by atoms with Gasteiger partial charge in [-0.05, 0) is 0 Å². The van der Waals surface area contributed by atoms with Gasteiger partial charge in [-0.15, -0.1) is 0 Å². The Bertz CT molecular complexity index is 324. The molecule has 0 aliphatic rings. The molecular weight excluding hydrogens is 234 g/mol. The molecule has 17 heavy (non-hydrogen) atoms. The fourth-order valence-electron chi connectivity index (χ4n) is 0.916. The maximum absolute atomic E-state index is 10.8. The molecule has 9 heteroatoms. The van der Waals surface area contributed by atoms with Crippen molar-refractivity contribution in [2.45, 2.75) is 32.5 Å². The first-order valence-electron chi connectivity index (χ1n) is 4.45. The number of rotatable bonds is 4. The van der Waals surface area contributed by atoms with Crippen LogP contribution in [0, 0.1) is 0 Å². The van der Waals surface area contributed by atoms with Crippen molar-refractivity contribution >= 4 is 17.9 Å². The van der Waals surface area contributed by atoms with Gasteiger partial charge in [-0.2, -0.15) is 0 Å². The van der Waals surface area contributed by atoms with Crippen molar-refractivity contribution in [1.82, 2.24) is 0 Å². The molecule has 0 heterocycles. The second-order valence-electron chi connectivity index (χ2n) is 3.24. The highest BCUT2D eigenvalue weighted by Gasteiger charge is 2.54. The molecule has 0 spiro atoms. The van der Waals surface area contributed by atoms with Gasteiger partial charge >= 0.3 is 29.7 Å². The number of carbonyl (C=O) groups excluding carboxylic acids is 3. The molecule has 9 nitrogen and oxygen atoms in total. The largest absolute Gasteiger partial charge is 0.421 e. The lowest BCUT2D eigenvalue weighted by molar-refractivity contribution is -0.293. The fourth-order valence-corrected chi connectivity index (χ4v) is 0.916.